The van der Waals surface area contributed by atoms with Crippen LogP contribution in [0, 0.1) is 3.57 Å². The van der Waals surface area contributed by atoms with Crippen molar-refractivity contribution in [1.29, 1.82) is 0 Å². The normalized spacial score (nSPS) is 11.1. The molecule has 0 radical (unpaired) electrons. The van der Waals surface area contributed by atoms with E-state index in [9.17, 15) is 13.2 Å². The lowest BCUT2D eigenvalue weighted by atomic mass is 10.2. The summed E-state index contributed by atoms with van der Waals surface area (Å²) in [5, 5.41) is 2.68. The Hall–Kier alpha value is -1.12. The van der Waals surface area contributed by atoms with Gasteiger partial charge in [0.05, 0.1) is 4.90 Å². The van der Waals surface area contributed by atoms with Gasteiger partial charge in [0.25, 0.3) is 15.0 Å². The molecule has 0 saturated carbocycles. The van der Waals surface area contributed by atoms with Gasteiger partial charge in [0.1, 0.15) is 0 Å². The number of nitrogens with one attached hydrogen (secondary N) is 1. The summed E-state index contributed by atoms with van der Waals surface area (Å²) >= 11 is 2.12. The van der Waals surface area contributed by atoms with E-state index in [0.717, 1.165) is 3.57 Å². The Morgan fingerprint density at radius 1 is 1.10 bits per heavy atom. The fourth-order valence-corrected chi connectivity index (χ4v) is 2.85. The van der Waals surface area contributed by atoms with Crippen molar-refractivity contribution in [1.82, 2.24) is 0 Å². The first-order chi connectivity index (χ1) is 9.36. The molecule has 0 aliphatic carbocycles. The fraction of sp³-hybridized carbons (Fsp3) is 0. The van der Waals surface area contributed by atoms with Gasteiger partial charge in [-0.1, -0.05) is 6.07 Å². The van der Waals surface area contributed by atoms with Crippen LogP contribution >= 0.6 is 33.3 Å². The van der Waals surface area contributed by atoms with Crippen molar-refractivity contribution >= 4 is 53.9 Å². The molecule has 0 heterocycles. The van der Waals surface area contributed by atoms with Crippen molar-refractivity contribution < 1.29 is 13.2 Å². The van der Waals surface area contributed by atoms with Crippen LogP contribution in [-0.4, -0.2) is 14.3 Å². The smallest absolute Gasteiger partial charge is 0.261 e. The largest absolute Gasteiger partial charge is 0.322 e. The Labute approximate surface area is 134 Å². The van der Waals surface area contributed by atoms with E-state index < -0.39 is 9.05 Å². The van der Waals surface area contributed by atoms with E-state index in [0.29, 0.717) is 11.3 Å². The zero-order valence-corrected chi connectivity index (χ0v) is 13.7. The third-order valence-corrected chi connectivity index (χ3v) is 4.52. The summed E-state index contributed by atoms with van der Waals surface area (Å²) in [4.78, 5) is 12.0. The number of halogens is 2. The summed E-state index contributed by atoms with van der Waals surface area (Å²) in [6.07, 6.45) is 0. The Balaban J connectivity index is 2.16. The van der Waals surface area contributed by atoms with Gasteiger partial charge in [-0.25, -0.2) is 8.42 Å². The van der Waals surface area contributed by atoms with Gasteiger partial charge < -0.3 is 5.32 Å². The molecule has 0 saturated heterocycles. The number of anilines is 1. The molecule has 0 aliphatic heterocycles. The maximum atomic E-state index is 12.0. The van der Waals surface area contributed by atoms with E-state index >= 15 is 0 Å². The highest BCUT2D eigenvalue weighted by atomic mass is 127. The Bertz CT molecular complexity index is 744. The van der Waals surface area contributed by atoms with Crippen molar-refractivity contribution in [2.75, 3.05) is 5.32 Å². The van der Waals surface area contributed by atoms with Crippen LogP contribution in [0.2, 0.25) is 0 Å². The highest BCUT2D eigenvalue weighted by molar-refractivity contribution is 14.1. The summed E-state index contributed by atoms with van der Waals surface area (Å²) in [5.41, 5.74) is 1.03. The third-order valence-electron chi connectivity index (χ3n) is 2.48. The molecule has 0 aliphatic rings. The Morgan fingerprint density at radius 3 is 2.30 bits per heavy atom. The van der Waals surface area contributed by atoms with Gasteiger partial charge >= 0.3 is 0 Å². The van der Waals surface area contributed by atoms with Crippen LogP contribution < -0.4 is 5.32 Å². The highest BCUT2D eigenvalue weighted by Crippen LogP contribution is 2.18. The number of benzene rings is 2. The summed E-state index contributed by atoms with van der Waals surface area (Å²) in [6, 6.07) is 12.8. The monoisotopic (exact) mass is 421 g/mol. The van der Waals surface area contributed by atoms with Gasteiger partial charge in [-0.15, -0.1) is 0 Å². The van der Waals surface area contributed by atoms with Gasteiger partial charge in [0, 0.05) is 25.5 Å². The molecule has 0 spiro atoms. The molecule has 20 heavy (non-hydrogen) atoms. The lowest BCUT2D eigenvalue weighted by Crippen LogP contribution is -2.11. The van der Waals surface area contributed by atoms with E-state index in [1.54, 1.807) is 18.2 Å². The minimum absolute atomic E-state index is 0.00794. The molecule has 1 amide bonds. The molecular weight excluding hydrogens is 413 g/mol. The molecule has 0 atom stereocenters. The summed E-state index contributed by atoms with van der Waals surface area (Å²) in [5.74, 6) is -0.259. The number of hydrogen-bond acceptors (Lipinski definition) is 3. The predicted octanol–water partition coefficient (Wildman–Crippen LogP) is 3.47. The molecule has 104 valence electrons. The van der Waals surface area contributed by atoms with E-state index in [-0.39, 0.29) is 10.8 Å². The standard InChI is InChI=1S/C13H9ClINO3S/c14-20(18,19)12-6-4-11(5-7-12)16-13(17)9-2-1-3-10(15)8-9/h1-8H,(H,16,17). The second-order valence-corrected chi connectivity index (χ2v) is 7.74. The van der Waals surface area contributed by atoms with Crippen LogP contribution in [0.4, 0.5) is 5.69 Å². The first-order valence-electron chi connectivity index (χ1n) is 5.48. The second-order valence-electron chi connectivity index (χ2n) is 3.93. The quantitative estimate of drug-likeness (QED) is 0.610. The van der Waals surface area contributed by atoms with Gasteiger partial charge in [-0.3, -0.25) is 4.79 Å². The number of amides is 1. The molecule has 0 fully saturated rings. The number of rotatable bonds is 3. The molecule has 7 heteroatoms. The predicted molar refractivity (Wildman–Crippen MR) is 86.6 cm³/mol. The zero-order valence-electron chi connectivity index (χ0n) is 10.0. The second kappa shape index (κ2) is 6.11. The third kappa shape index (κ3) is 3.94. The van der Waals surface area contributed by atoms with Crippen molar-refractivity contribution in [3.05, 3.63) is 57.7 Å². The van der Waals surface area contributed by atoms with E-state index in [1.165, 1.54) is 24.3 Å². The molecule has 0 aromatic heterocycles. The van der Waals surface area contributed by atoms with Gasteiger partial charge in [0.15, 0.2) is 0 Å². The zero-order chi connectivity index (χ0) is 14.8. The minimum Gasteiger partial charge on any atom is -0.322 e. The van der Waals surface area contributed by atoms with Crippen LogP contribution in [0.5, 0.6) is 0 Å². The molecule has 2 aromatic carbocycles. The summed E-state index contributed by atoms with van der Waals surface area (Å²) in [6.45, 7) is 0. The molecule has 2 aromatic rings. The fourth-order valence-electron chi connectivity index (χ4n) is 1.53. The summed E-state index contributed by atoms with van der Waals surface area (Å²) < 4.78 is 23.2. The number of hydrogen-bond donors (Lipinski definition) is 1. The topological polar surface area (TPSA) is 63.2 Å². The average molecular weight is 422 g/mol. The van der Waals surface area contributed by atoms with Gasteiger partial charge in [-0.05, 0) is 65.1 Å². The first-order valence-corrected chi connectivity index (χ1v) is 8.87. The van der Waals surface area contributed by atoms with Crippen molar-refractivity contribution in [3.63, 3.8) is 0 Å². The van der Waals surface area contributed by atoms with E-state index in [2.05, 4.69) is 27.9 Å². The minimum atomic E-state index is -3.75. The highest BCUT2D eigenvalue weighted by Gasteiger charge is 2.10. The van der Waals surface area contributed by atoms with Gasteiger partial charge in [-0.2, -0.15) is 0 Å². The first kappa shape index (κ1) is 15.3. The lowest BCUT2D eigenvalue weighted by molar-refractivity contribution is 0.102. The summed E-state index contributed by atoms with van der Waals surface area (Å²) in [7, 11) is 1.47. The van der Waals surface area contributed by atoms with Crippen LogP contribution in [0.3, 0.4) is 0 Å². The molecule has 1 N–H and O–H groups in total. The Kier molecular flexibility index (Phi) is 4.66. The maximum absolute atomic E-state index is 12.0. The van der Waals surface area contributed by atoms with Crippen LogP contribution in [0.15, 0.2) is 53.4 Å². The van der Waals surface area contributed by atoms with Gasteiger partial charge in [0.2, 0.25) is 0 Å². The average Bonchev–Trinajstić information content (AvgIpc) is 2.38. The van der Waals surface area contributed by atoms with E-state index in [4.69, 9.17) is 10.7 Å². The molecule has 0 unspecified atom stereocenters. The Morgan fingerprint density at radius 2 is 1.75 bits per heavy atom. The molecule has 4 nitrogen and oxygen atoms in total. The maximum Gasteiger partial charge on any atom is 0.261 e. The van der Waals surface area contributed by atoms with Crippen LogP contribution in [0.1, 0.15) is 10.4 Å². The number of carbonyl (C=O) groups is 1. The molecule has 0 bridgehead atoms. The lowest BCUT2D eigenvalue weighted by Gasteiger charge is -2.06. The number of carbonyl (C=O) groups excluding carboxylic acids is 1. The van der Waals surface area contributed by atoms with Crippen molar-refractivity contribution in [2.24, 2.45) is 0 Å². The van der Waals surface area contributed by atoms with Crippen LogP contribution in [0.25, 0.3) is 0 Å². The molecular formula is C13H9ClINO3S. The SMILES string of the molecule is O=C(Nc1ccc(S(=O)(=O)Cl)cc1)c1cccc(I)c1. The van der Waals surface area contributed by atoms with Crippen molar-refractivity contribution in [3.8, 4) is 0 Å². The molecule has 2 rings (SSSR count). The van der Waals surface area contributed by atoms with E-state index in [1.807, 2.05) is 6.07 Å². The van der Waals surface area contributed by atoms with Crippen molar-refractivity contribution in [2.45, 2.75) is 4.90 Å². The van der Waals surface area contributed by atoms with Crippen LogP contribution in [-0.2, 0) is 9.05 Å².